The Morgan fingerprint density at radius 2 is 1.83 bits per heavy atom. The minimum Gasteiger partial charge on any atom is -0.355 e. The number of nitrogens with zero attached hydrogens (tertiary/aromatic N) is 1. The van der Waals surface area contributed by atoms with Crippen LogP contribution in [0.25, 0.3) is 0 Å². The molecule has 1 aliphatic heterocycles. The van der Waals surface area contributed by atoms with E-state index in [2.05, 4.69) is 10.6 Å². The highest BCUT2D eigenvalue weighted by atomic mass is 32.2. The molecule has 24 heavy (non-hydrogen) atoms. The van der Waals surface area contributed by atoms with Gasteiger partial charge in [-0.2, -0.15) is 4.31 Å². The minimum absolute atomic E-state index is 0.107. The second kappa shape index (κ2) is 8.25. The lowest BCUT2D eigenvalue weighted by Gasteiger charge is -2.26. The fourth-order valence-corrected chi connectivity index (χ4v) is 4.14. The van der Waals surface area contributed by atoms with Crippen molar-refractivity contribution in [3.05, 3.63) is 29.8 Å². The monoisotopic (exact) mass is 353 g/mol. The molecule has 1 aliphatic rings. The molecule has 132 valence electrons. The summed E-state index contributed by atoms with van der Waals surface area (Å²) in [6, 6.07) is 5.92. The van der Waals surface area contributed by atoms with Gasteiger partial charge in [0.1, 0.15) is 0 Å². The van der Waals surface area contributed by atoms with E-state index in [1.165, 1.54) is 28.6 Å². The van der Waals surface area contributed by atoms with Crippen LogP contribution < -0.4 is 10.6 Å². The topological polar surface area (TPSA) is 95.6 Å². The van der Waals surface area contributed by atoms with Crippen LogP contribution in [0.3, 0.4) is 0 Å². The molecule has 0 spiro atoms. The van der Waals surface area contributed by atoms with Crippen LogP contribution in [0.4, 0.5) is 0 Å². The molecule has 1 saturated heterocycles. The van der Waals surface area contributed by atoms with Gasteiger partial charge in [0.25, 0.3) is 5.91 Å². The normalized spacial score (nSPS) is 15.7. The van der Waals surface area contributed by atoms with E-state index in [4.69, 9.17) is 0 Å². The van der Waals surface area contributed by atoms with Crippen LogP contribution in [0.2, 0.25) is 0 Å². The highest BCUT2D eigenvalue weighted by Crippen LogP contribution is 2.21. The number of rotatable bonds is 6. The predicted molar refractivity (Wildman–Crippen MR) is 90.1 cm³/mol. The van der Waals surface area contributed by atoms with E-state index in [0.717, 1.165) is 19.3 Å². The Kier molecular flexibility index (Phi) is 6.33. The number of sulfonamides is 1. The number of hydrogen-bond donors (Lipinski definition) is 2. The van der Waals surface area contributed by atoms with Crippen LogP contribution in [0.5, 0.6) is 0 Å². The number of hydrogen-bond acceptors (Lipinski definition) is 4. The van der Waals surface area contributed by atoms with Crippen LogP contribution in [0, 0.1) is 0 Å². The number of benzene rings is 1. The SMILES string of the molecule is CCNC(=O)CNC(=O)c1cccc(S(=O)(=O)N2CCCCC2)c1. The first-order valence-electron chi connectivity index (χ1n) is 8.10. The zero-order valence-electron chi connectivity index (χ0n) is 13.7. The molecule has 1 aromatic rings. The van der Waals surface area contributed by atoms with Crippen molar-refractivity contribution >= 4 is 21.8 Å². The third-order valence-electron chi connectivity index (χ3n) is 3.83. The van der Waals surface area contributed by atoms with E-state index in [-0.39, 0.29) is 22.9 Å². The van der Waals surface area contributed by atoms with Crippen molar-refractivity contribution in [3.8, 4) is 0 Å². The maximum atomic E-state index is 12.6. The summed E-state index contributed by atoms with van der Waals surface area (Å²) in [6.07, 6.45) is 2.74. The Bertz CT molecular complexity index is 697. The molecule has 1 heterocycles. The van der Waals surface area contributed by atoms with Gasteiger partial charge in [-0.3, -0.25) is 9.59 Å². The summed E-state index contributed by atoms with van der Waals surface area (Å²) in [4.78, 5) is 23.6. The molecule has 8 heteroatoms. The fourth-order valence-electron chi connectivity index (χ4n) is 2.57. The average Bonchev–Trinajstić information content (AvgIpc) is 2.61. The first kappa shape index (κ1) is 18.4. The molecule has 0 aromatic heterocycles. The van der Waals surface area contributed by atoms with Crippen molar-refractivity contribution < 1.29 is 18.0 Å². The lowest BCUT2D eigenvalue weighted by molar-refractivity contribution is -0.120. The Balaban J connectivity index is 2.10. The molecule has 2 amide bonds. The Morgan fingerprint density at radius 1 is 1.12 bits per heavy atom. The van der Waals surface area contributed by atoms with Crippen LogP contribution in [0.15, 0.2) is 29.2 Å². The third kappa shape index (κ3) is 4.55. The molecule has 0 aliphatic carbocycles. The number of carbonyl (C=O) groups is 2. The van der Waals surface area contributed by atoms with Gasteiger partial charge in [0.05, 0.1) is 11.4 Å². The quantitative estimate of drug-likeness (QED) is 0.788. The number of likely N-dealkylation sites (N-methyl/N-ethyl adjacent to an activating group) is 1. The zero-order chi connectivity index (χ0) is 17.6. The van der Waals surface area contributed by atoms with Crippen LogP contribution in [-0.2, 0) is 14.8 Å². The van der Waals surface area contributed by atoms with E-state index >= 15 is 0 Å². The molecule has 7 nitrogen and oxygen atoms in total. The van der Waals surface area contributed by atoms with Gasteiger partial charge in [-0.25, -0.2) is 8.42 Å². The second-order valence-electron chi connectivity index (χ2n) is 5.63. The summed E-state index contributed by atoms with van der Waals surface area (Å²) in [5.74, 6) is -0.764. The molecular formula is C16H23N3O4S. The Morgan fingerprint density at radius 3 is 2.50 bits per heavy atom. The minimum atomic E-state index is -3.58. The highest BCUT2D eigenvalue weighted by molar-refractivity contribution is 7.89. The molecule has 0 atom stereocenters. The van der Waals surface area contributed by atoms with Crippen molar-refractivity contribution in [1.82, 2.24) is 14.9 Å². The van der Waals surface area contributed by atoms with Crippen molar-refractivity contribution in [2.45, 2.75) is 31.1 Å². The lowest BCUT2D eigenvalue weighted by atomic mass is 10.2. The molecule has 2 rings (SSSR count). The maximum Gasteiger partial charge on any atom is 0.251 e. The largest absolute Gasteiger partial charge is 0.355 e. The number of piperidine rings is 1. The van der Waals surface area contributed by atoms with Crippen LogP contribution >= 0.6 is 0 Å². The van der Waals surface area contributed by atoms with Crippen molar-refractivity contribution in [2.75, 3.05) is 26.2 Å². The van der Waals surface area contributed by atoms with E-state index < -0.39 is 15.9 Å². The smallest absolute Gasteiger partial charge is 0.251 e. The summed E-state index contributed by atoms with van der Waals surface area (Å²) in [7, 11) is -3.58. The number of amides is 2. The van der Waals surface area contributed by atoms with Gasteiger partial charge in [0.2, 0.25) is 15.9 Å². The van der Waals surface area contributed by atoms with Gasteiger partial charge in [0.15, 0.2) is 0 Å². The van der Waals surface area contributed by atoms with Gasteiger partial charge in [-0.15, -0.1) is 0 Å². The Hall–Kier alpha value is -1.93. The Labute approximate surface area is 142 Å². The molecule has 0 radical (unpaired) electrons. The van der Waals surface area contributed by atoms with Crippen LogP contribution in [0.1, 0.15) is 36.5 Å². The van der Waals surface area contributed by atoms with E-state index in [1.807, 2.05) is 0 Å². The first-order chi connectivity index (χ1) is 11.4. The average molecular weight is 353 g/mol. The van der Waals surface area contributed by atoms with E-state index in [0.29, 0.717) is 19.6 Å². The van der Waals surface area contributed by atoms with Crippen LogP contribution in [-0.4, -0.2) is 50.7 Å². The van der Waals surface area contributed by atoms with Gasteiger partial charge in [-0.1, -0.05) is 12.5 Å². The maximum absolute atomic E-state index is 12.6. The molecule has 0 bridgehead atoms. The number of carbonyl (C=O) groups excluding carboxylic acids is 2. The van der Waals surface area contributed by atoms with E-state index in [9.17, 15) is 18.0 Å². The molecule has 0 unspecified atom stereocenters. The van der Waals surface area contributed by atoms with Gasteiger partial charge >= 0.3 is 0 Å². The molecular weight excluding hydrogens is 330 g/mol. The summed E-state index contributed by atoms with van der Waals surface area (Å²) in [6.45, 7) is 3.15. The molecule has 0 saturated carbocycles. The standard InChI is InChI=1S/C16H23N3O4S/c1-2-17-15(20)12-18-16(21)13-7-6-8-14(11-13)24(22,23)19-9-4-3-5-10-19/h6-8,11H,2-5,9-10,12H2,1H3,(H,17,20)(H,18,21). The van der Waals surface area contributed by atoms with E-state index in [1.54, 1.807) is 6.92 Å². The first-order valence-corrected chi connectivity index (χ1v) is 9.54. The van der Waals surface area contributed by atoms with Gasteiger partial charge < -0.3 is 10.6 Å². The van der Waals surface area contributed by atoms with Crippen molar-refractivity contribution in [3.63, 3.8) is 0 Å². The summed E-state index contributed by atoms with van der Waals surface area (Å²) < 4.78 is 26.7. The summed E-state index contributed by atoms with van der Waals surface area (Å²) in [5.41, 5.74) is 0.220. The predicted octanol–water partition coefficient (Wildman–Crippen LogP) is 0.727. The molecule has 1 aromatic carbocycles. The fraction of sp³-hybridized carbons (Fsp3) is 0.500. The second-order valence-corrected chi connectivity index (χ2v) is 7.57. The number of nitrogens with one attached hydrogen (secondary N) is 2. The molecule has 1 fully saturated rings. The van der Waals surface area contributed by atoms with Crippen molar-refractivity contribution in [2.24, 2.45) is 0 Å². The van der Waals surface area contributed by atoms with Gasteiger partial charge in [0, 0.05) is 25.2 Å². The highest BCUT2D eigenvalue weighted by Gasteiger charge is 2.26. The van der Waals surface area contributed by atoms with Crippen molar-refractivity contribution in [1.29, 1.82) is 0 Å². The zero-order valence-corrected chi connectivity index (χ0v) is 14.6. The van der Waals surface area contributed by atoms with Gasteiger partial charge in [-0.05, 0) is 38.0 Å². The summed E-state index contributed by atoms with van der Waals surface area (Å²) in [5, 5.41) is 5.06. The molecule has 2 N–H and O–H groups in total. The lowest BCUT2D eigenvalue weighted by Crippen LogP contribution is -2.37. The summed E-state index contributed by atoms with van der Waals surface area (Å²) >= 11 is 0. The third-order valence-corrected chi connectivity index (χ3v) is 5.73.